The lowest BCUT2D eigenvalue weighted by Gasteiger charge is -2.42. The molecule has 1 saturated heterocycles. The molecule has 0 bridgehead atoms. The summed E-state index contributed by atoms with van der Waals surface area (Å²) in [5, 5.41) is 31.0. The van der Waals surface area contributed by atoms with E-state index in [1.165, 1.54) is 5.56 Å². The van der Waals surface area contributed by atoms with Crippen molar-refractivity contribution in [3.05, 3.63) is 65.7 Å². The van der Waals surface area contributed by atoms with Gasteiger partial charge in [0.1, 0.15) is 5.75 Å². The molecular formula is C23H31NO3. The van der Waals surface area contributed by atoms with Gasteiger partial charge in [-0.2, -0.15) is 0 Å². The molecule has 4 heteroatoms. The Morgan fingerprint density at radius 2 is 1.63 bits per heavy atom. The van der Waals surface area contributed by atoms with Gasteiger partial charge in [-0.3, -0.25) is 4.90 Å². The number of phenolic OH excluding ortho intramolecular Hbond substituents is 1. The average Bonchev–Trinajstić information content (AvgIpc) is 2.69. The second-order valence-corrected chi connectivity index (χ2v) is 7.88. The number of aliphatic hydroxyl groups is 2. The molecule has 4 nitrogen and oxygen atoms in total. The van der Waals surface area contributed by atoms with Crippen molar-refractivity contribution in [2.45, 2.75) is 56.8 Å². The van der Waals surface area contributed by atoms with E-state index in [0.29, 0.717) is 0 Å². The Morgan fingerprint density at radius 3 is 2.26 bits per heavy atom. The van der Waals surface area contributed by atoms with E-state index in [1.54, 1.807) is 24.3 Å². The second-order valence-electron chi connectivity index (χ2n) is 7.88. The van der Waals surface area contributed by atoms with E-state index in [-0.39, 0.29) is 11.8 Å². The maximum absolute atomic E-state index is 10.9. The lowest BCUT2D eigenvalue weighted by Crippen LogP contribution is -2.49. The monoisotopic (exact) mass is 369 g/mol. The minimum absolute atomic E-state index is 0.0246. The number of hydrogen-bond donors (Lipinski definition) is 3. The minimum Gasteiger partial charge on any atom is -0.508 e. The molecule has 1 fully saturated rings. The zero-order valence-corrected chi connectivity index (χ0v) is 16.1. The lowest BCUT2D eigenvalue weighted by atomic mass is 9.85. The fourth-order valence-corrected chi connectivity index (χ4v) is 4.01. The Labute approximate surface area is 162 Å². The molecule has 3 rings (SSSR count). The van der Waals surface area contributed by atoms with Crippen molar-refractivity contribution in [2.24, 2.45) is 0 Å². The molecule has 146 valence electrons. The molecular weight excluding hydrogens is 338 g/mol. The summed E-state index contributed by atoms with van der Waals surface area (Å²) in [6.07, 6.45) is 3.71. The van der Waals surface area contributed by atoms with Crippen molar-refractivity contribution in [1.29, 1.82) is 0 Å². The minimum atomic E-state index is -0.602. The fraction of sp³-hybridized carbons (Fsp3) is 0.478. The highest BCUT2D eigenvalue weighted by Gasteiger charge is 2.34. The molecule has 0 aromatic heterocycles. The van der Waals surface area contributed by atoms with Crippen LogP contribution in [0.5, 0.6) is 5.75 Å². The zero-order valence-electron chi connectivity index (χ0n) is 16.1. The summed E-state index contributed by atoms with van der Waals surface area (Å²) in [4.78, 5) is 2.25. The topological polar surface area (TPSA) is 63.9 Å². The van der Waals surface area contributed by atoms with Crippen LogP contribution in [0, 0.1) is 0 Å². The van der Waals surface area contributed by atoms with Gasteiger partial charge < -0.3 is 15.3 Å². The number of aryl methyl sites for hydroxylation is 1. The van der Waals surface area contributed by atoms with E-state index < -0.39 is 11.7 Å². The van der Waals surface area contributed by atoms with Crippen LogP contribution in [-0.4, -0.2) is 45.0 Å². The highest BCUT2D eigenvalue weighted by atomic mass is 16.3. The molecule has 1 aliphatic heterocycles. The first kappa shape index (κ1) is 19.9. The predicted molar refractivity (Wildman–Crippen MR) is 108 cm³/mol. The molecule has 0 amide bonds. The van der Waals surface area contributed by atoms with Crippen molar-refractivity contribution in [3.63, 3.8) is 0 Å². The van der Waals surface area contributed by atoms with Crippen molar-refractivity contribution >= 4 is 0 Å². The number of aromatic hydroxyl groups is 1. The van der Waals surface area contributed by atoms with Gasteiger partial charge in [-0.1, -0.05) is 42.5 Å². The molecule has 1 heterocycles. The van der Waals surface area contributed by atoms with Crippen LogP contribution < -0.4 is 0 Å². The van der Waals surface area contributed by atoms with E-state index in [9.17, 15) is 15.3 Å². The molecule has 2 aromatic rings. The number of aliphatic hydroxyl groups excluding tert-OH is 1. The van der Waals surface area contributed by atoms with E-state index in [1.807, 2.05) is 13.0 Å². The maximum Gasteiger partial charge on any atom is 0.115 e. The summed E-state index contributed by atoms with van der Waals surface area (Å²) in [5.74, 6) is 0.206. The second kappa shape index (κ2) is 8.87. The Hall–Kier alpha value is -1.88. The van der Waals surface area contributed by atoms with Gasteiger partial charge in [0, 0.05) is 19.1 Å². The Morgan fingerprint density at radius 1 is 1.00 bits per heavy atom. The number of likely N-dealkylation sites (tertiary alicyclic amines) is 1. The maximum atomic E-state index is 10.9. The van der Waals surface area contributed by atoms with Crippen LogP contribution in [0.3, 0.4) is 0 Å². The van der Waals surface area contributed by atoms with Gasteiger partial charge in [-0.15, -0.1) is 0 Å². The summed E-state index contributed by atoms with van der Waals surface area (Å²) in [5.41, 5.74) is 1.54. The van der Waals surface area contributed by atoms with Crippen LogP contribution in [0.1, 0.15) is 49.8 Å². The molecule has 3 N–H and O–H groups in total. The molecule has 0 aliphatic carbocycles. The number of hydrogen-bond acceptors (Lipinski definition) is 4. The van der Waals surface area contributed by atoms with Crippen molar-refractivity contribution in [3.8, 4) is 5.75 Å². The Bertz CT molecular complexity index is 693. The van der Waals surface area contributed by atoms with Crippen LogP contribution in [0.15, 0.2) is 54.6 Å². The van der Waals surface area contributed by atoms with Crippen LogP contribution in [-0.2, 0) is 6.42 Å². The molecule has 1 aliphatic rings. The standard InChI is InChI=1S/C23H31NO3/c1-18(22(26)20-9-11-21(25)12-10-20)24-16-14-23(27,15-17-24)13-5-8-19-6-3-2-4-7-19/h2-4,6-7,9-12,18,22,25-27H,5,8,13-17H2,1H3/t18-,22-/m1/s1. The van der Waals surface area contributed by atoms with Crippen molar-refractivity contribution < 1.29 is 15.3 Å². The third-order valence-corrected chi connectivity index (χ3v) is 5.95. The summed E-state index contributed by atoms with van der Waals surface area (Å²) in [6, 6.07) is 17.1. The Kier molecular flexibility index (Phi) is 6.53. The summed E-state index contributed by atoms with van der Waals surface area (Å²) in [7, 11) is 0. The molecule has 2 aromatic carbocycles. The van der Waals surface area contributed by atoms with Gasteiger partial charge in [0.15, 0.2) is 0 Å². The van der Waals surface area contributed by atoms with Gasteiger partial charge in [-0.25, -0.2) is 0 Å². The highest BCUT2D eigenvalue weighted by molar-refractivity contribution is 5.28. The number of nitrogens with zero attached hydrogens (tertiary/aromatic N) is 1. The number of phenols is 1. The molecule has 2 atom stereocenters. The first-order chi connectivity index (χ1) is 13.0. The smallest absolute Gasteiger partial charge is 0.115 e. The van der Waals surface area contributed by atoms with E-state index in [2.05, 4.69) is 29.2 Å². The van der Waals surface area contributed by atoms with Gasteiger partial charge in [-0.05, 0) is 62.3 Å². The number of benzene rings is 2. The molecule has 0 radical (unpaired) electrons. The average molecular weight is 370 g/mol. The van der Waals surface area contributed by atoms with Crippen molar-refractivity contribution in [1.82, 2.24) is 4.90 Å². The third kappa shape index (κ3) is 5.32. The van der Waals surface area contributed by atoms with Crippen molar-refractivity contribution in [2.75, 3.05) is 13.1 Å². The van der Waals surface area contributed by atoms with Crippen LogP contribution in [0.2, 0.25) is 0 Å². The molecule has 0 saturated carbocycles. The third-order valence-electron chi connectivity index (χ3n) is 5.95. The first-order valence-corrected chi connectivity index (χ1v) is 9.94. The first-order valence-electron chi connectivity index (χ1n) is 9.94. The summed E-state index contributed by atoms with van der Waals surface area (Å²) in [6.45, 7) is 3.60. The highest BCUT2D eigenvalue weighted by Crippen LogP contribution is 2.31. The van der Waals surface area contributed by atoms with E-state index in [4.69, 9.17) is 0 Å². The molecule has 27 heavy (non-hydrogen) atoms. The summed E-state index contributed by atoms with van der Waals surface area (Å²) >= 11 is 0. The van der Waals surface area contributed by atoms with Crippen LogP contribution in [0.25, 0.3) is 0 Å². The van der Waals surface area contributed by atoms with Crippen LogP contribution >= 0.6 is 0 Å². The van der Waals surface area contributed by atoms with E-state index in [0.717, 1.165) is 50.8 Å². The predicted octanol–water partition coefficient (Wildman–Crippen LogP) is 3.66. The largest absolute Gasteiger partial charge is 0.508 e. The Balaban J connectivity index is 1.47. The van der Waals surface area contributed by atoms with Gasteiger partial charge in [0.2, 0.25) is 0 Å². The van der Waals surface area contributed by atoms with Gasteiger partial charge in [0.25, 0.3) is 0 Å². The number of rotatable bonds is 7. The van der Waals surface area contributed by atoms with Gasteiger partial charge in [0.05, 0.1) is 11.7 Å². The van der Waals surface area contributed by atoms with Crippen LogP contribution in [0.4, 0.5) is 0 Å². The molecule has 0 spiro atoms. The fourth-order valence-electron chi connectivity index (χ4n) is 4.01. The quantitative estimate of drug-likeness (QED) is 0.697. The number of piperidine rings is 1. The lowest BCUT2D eigenvalue weighted by molar-refractivity contribution is -0.0515. The zero-order chi connectivity index (χ0) is 19.3. The normalized spacial score (nSPS) is 19.5. The van der Waals surface area contributed by atoms with Gasteiger partial charge >= 0.3 is 0 Å². The van der Waals surface area contributed by atoms with E-state index >= 15 is 0 Å². The molecule has 0 unspecified atom stereocenters. The SMILES string of the molecule is C[C@H]([C@@H](O)c1ccc(O)cc1)N1CCC(O)(CCCc2ccccc2)CC1. The summed E-state index contributed by atoms with van der Waals surface area (Å²) < 4.78 is 0.